The molecular formula is C29H24FN9O7. The third kappa shape index (κ3) is 6.09. The van der Waals surface area contributed by atoms with Gasteiger partial charge in [-0.3, -0.25) is 24.0 Å². The molecular weight excluding hydrogens is 605 g/mol. The van der Waals surface area contributed by atoms with Crippen LogP contribution in [0, 0.1) is 5.82 Å². The minimum absolute atomic E-state index is 0.0644. The van der Waals surface area contributed by atoms with Crippen LogP contribution in [0.3, 0.4) is 0 Å². The Hall–Kier alpha value is -6.52. The lowest BCUT2D eigenvalue weighted by atomic mass is 10.1. The van der Waals surface area contributed by atoms with Crippen molar-refractivity contribution in [3.63, 3.8) is 0 Å². The number of carboxylic acids is 1. The molecule has 234 valence electrons. The molecule has 0 aliphatic rings. The number of primary amides is 1. The van der Waals surface area contributed by atoms with Gasteiger partial charge in [0.15, 0.2) is 0 Å². The summed E-state index contributed by atoms with van der Waals surface area (Å²) in [7, 11) is 0. The largest absolute Gasteiger partial charge is 0.478 e. The Kier molecular flexibility index (Phi) is 8.22. The van der Waals surface area contributed by atoms with Gasteiger partial charge in [0.2, 0.25) is 5.82 Å². The summed E-state index contributed by atoms with van der Waals surface area (Å²) < 4.78 is 15.4. The molecule has 0 saturated carbocycles. The highest BCUT2D eigenvalue weighted by atomic mass is 19.1. The highest BCUT2D eigenvalue weighted by Crippen LogP contribution is 2.17. The minimum Gasteiger partial charge on any atom is -0.478 e. The average Bonchev–Trinajstić information content (AvgIpc) is 3.49. The molecule has 0 unspecified atom stereocenters. The Morgan fingerprint density at radius 2 is 1.70 bits per heavy atom. The molecule has 2 heterocycles. The average molecular weight is 630 g/mol. The highest BCUT2D eigenvalue weighted by molar-refractivity contribution is 5.98. The fourth-order valence-corrected chi connectivity index (χ4v) is 4.43. The summed E-state index contributed by atoms with van der Waals surface area (Å²) in [6.07, 6.45) is 0. The summed E-state index contributed by atoms with van der Waals surface area (Å²) in [5, 5.41) is 21.0. The molecule has 0 fully saturated rings. The molecule has 17 heteroatoms. The van der Waals surface area contributed by atoms with Crippen molar-refractivity contribution in [1.82, 2.24) is 30.2 Å². The Balaban J connectivity index is 1.35. The number of nitrogens with two attached hydrogens (primary N) is 2. The van der Waals surface area contributed by atoms with E-state index in [1.165, 1.54) is 36.4 Å². The van der Waals surface area contributed by atoms with Crippen LogP contribution < -0.4 is 38.3 Å². The second-order valence-electron chi connectivity index (χ2n) is 10.1. The summed E-state index contributed by atoms with van der Waals surface area (Å²) in [6, 6.07) is 10.4. The molecule has 2 aromatic heterocycles. The van der Waals surface area contributed by atoms with Crippen LogP contribution in [-0.4, -0.2) is 48.4 Å². The third-order valence-corrected chi connectivity index (χ3v) is 6.97. The molecule has 1 atom stereocenters. The SMILES string of the molecule is C[C@@H](NC(=O)c1cc(C(=O)NCc2ccc(F)c(CNc3c(N)c(=O)c3=O)c2)nc2nc(C(N)=O)nn12)c1ccc(C(=O)O)cc1. The topological polar surface area (TPSA) is 254 Å². The van der Waals surface area contributed by atoms with E-state index < -0.39 is 52.2 Å². The molecule has 5 rings (SSSR count). The number of carbonyl (C=O) groups excluding carboxylic acids is 3. The van der Waals surface area contributed by atoms with Crippen molar-refractivity contribution in [1.29, 1.82) is 0 Å². The standard InChI is InChI=1S/C29H24FN9O7/c1-12(14-3-5-15(6-4-14)28(45)46)35-27(44)19-9-18(36-29-37-25(24(32)42)38-39(19)29)26(43)34-10-13-2-7-17(30)16(8-13)11-33-21-20(31)22(40)23(21)41/h2-9,12,33H,10-11,31H2,1H3,(H2,32,42)(H,34,43)(H,35,44)(H,45,46)/t12-/m1/s1. The number of nitrogens with one attached hydrogen (secondary N) is 3. The summed E-state index contributed by atoms with van der Waals surface area (Å²) in [5.41, 5.74) is 9.62. The predicted octanol–water partition coefficient (Wildman–Crippen LogP) is 0.272. The number of nitrogen functional groups attached to an aromatic ring is 1. The fourth-order valence-electron chi connectivity index (χ4n) is 4.43. The van der Waals surface area contributed by atoms with Crippen LogP contribution in [0.1, 0.15) is 71.6 Å². The monoisotopic (exact) mass is 629 g/mol. The van der Waals surface area contributed by atoms with E-state index in [2.05, 4.69) is 31.0 Å². The van der Waals surface area contributed by atoms with Crippen molar-refractivity contribution in [2.75, 3.05) is 11.1 Å². The fraction of sp³-hybridized carbons (Fsp3) is 0.138. The normalized spacial score (nSPS) is 11.7. The van der Waals surface area contributed by atoms with Crippen LogP contribution in [0.25, 0.3) is 5.78 Å². The molecule has 16 nitrogen and oxygen atoms in total. The number of carboxylic acid groups (broad SMARTS) is 1. The van der Waals surface area contributed by atoms with Crippen molar-refractivity contribution in [3.05, 3.63) is 114 Å². The maximum atomic E-state index is 14.4. The molecule has 0 aliphatic heterocycles. The lowest BCUT2D eigenvalue weighted by Crippen LogP contribution is -2.37. The Morgan fingerprint density at radius 1 is 0.978 bits per heavy atom. The Bertz CT molecular complexity index is 2120. The minimum atomic E-state index is -1.11. The zero-order valence-electron chi connectivity index (χ0n) is 23.8. The predicted molar refractivity (Wildman–Crippen MR) is 159 cm³/mol. The summed E-state index contributed by atoms with van der Waals surface area (Å²) in [5.74, 6) is -4.90. The van der Waals surface area contributed by atoms with Gasteiger partial charge >= 0.3 is 5.97 Å². The van der Waals surface area contributed by atoms with Gasteiger partial charge in [-0.05, 0) is 42.3 Å². The van der Waals surface area contributed by atoms with Gasteiger partial charge in [-0.1, -0.05) is 18.2 Å². The molecule has 3 aromatic carbocycles. The quantitative estimate of drug-likeness (QED) is 0.108. The molecule has 3 amide bonds. The second kappa shape index (κ2) is 12.2. The maximum absolute atomic E-state index is 14.4. The van der Waals surface area contributed by atoms with E-state index in [0.717, 1.165) is 16.6 Å². The van der Waals surface area contributed by atoms with Gasteiger partial charge < -0.3 is 32.5 Å². The summed E-state index contributed by atoms with van der Waals surface area (Å²) in [4.78, 5) is 80.3. The van der Waals surface area contributed by atoms with Crippen molar-refractivity contribution in [2.24, 2.45) is 5.73 Å². The van der Waals surface area contributed by atoms with Crippen LogP contribution in [0.4, 0.5) is 15.8 Å². The molecule has 0 spiro atoms. The first-order valence-electron chi connectivity index (χ1n) is 13.4. The molecule has 5 aromatic rings. The van der Waals surface area contributed by atoms with E-state index in [1.807, 2.05) is 0 Å². The van der Waals surface area contributed by atoms with Crippen LogP contribution >= 0.6 is 0 Å². The maximum Gasteiger partial charge on any atom is 0.335 e. The van der Waals surface area contributed by atoms with Gasteiger partial charge in [-0.25, -0.2) is 14.2 Å². The summed E-state index contributed by atoms with van der Waals surface area (Å²) in [6.45, 7) is 1.39. The number of benzene rings is 2. The number of halogens is 1. The lowest BCUT2D eigenvalue weighted by molar-refractivity contribution is 0.0695. The lowest BCUT2D eigenvalue weighted by Gasteiger charge is -2.15. The first-order valence-corrected chi connectivity index (χ1v) is 13.4. The number of fused-ring (bicyclic) bond motifs is 1. The number of nitrogens with zero attached hydrogens (tertiary/aromatic N) is 4. The van der Waals surface area contributed by atoms with E-state index >= 15 is 0 Å². The molecule has 0 saturated heterocycles. The molecule has 8 N–H and O–H groups in total. The van der Waals surface area contributed by atoms with Crippen molar-refractivity contribution in [2.45, 2.75) is 26.1 Å². The highest BCUT2D eigenvalue weighted by Gasteiger charge is 2.23. The number of carbonyl (C=O) groups is 4. The number of hydrogen-bond donors (Lipinski definition) is 6. The van der Waals surface area contributed by atoms with Crippen LogP contribution in [0.5, 0.6) is 0 Å². The van der Waals surface area contributed by atoms with E-state index in [-0.39, 0.29) is 52.8 Å². The smallest absolute Gasteiger partial charge is 0.335 e. The van der Waals surface area contributed by atoms with Gasteiger partial charge in [-0.15, -0.1) is 5.10 Å². The first kappa shape index (κ1) is 30.9. The van der Waals surface area contributed by atoms with E-state index in [1.54, 1.807) is 6.92 Å². The number of hydrogen-bond acceptors (Lipinski definition) is 11. The Morgan fingerprint density at radius 3 is 2.35 bits per heavy atom. The van der Waals surface area contributed by atoms with E-state index in [4.69, 9.17) is 16.6 Å². The van der Waals surface area contributed by atoms with Crippen molar-refractivity contribution < 1.29 is 28.7 Å². The van der Waals surface area contributed by atoms with Crippen molar-refractivity contribution >= 4 is 40.8 Å². The summed E-state index contributed by atoms with van der Waals surface area (Å²) >= 11 is 0. The van der Waals surface area contributed by atoms with Gasteiger partial charge in [-0.2, -0.15) is 9.50 Å². The van der Waals surface area contributed by atoms with Gasteiger partial charge in [0, 0.05) is 24.7 Å². The zero-order valence-corrected chi connectivity index (χ0v) is 23.8. The van der Waals surface area contributed by atoms with Gasteiger partial charge in [0.25, 0.3) is 34.4 Å². The number of amides is 3. The number of aromatic nitrogens is 4. The van der Waals surface area contributed by atoms with Gasteiger partial charge in [0.1, 0.15) is 28.6 Å². The third-order valence-electron chi connectivity index (χ3n) is 6.97. The van der Waals surface area contributed by atoms with E-state index in [0.29, 0.717) is 11.1 Å². The number of anilines is 2. The molecule has 0 radical (unpaired) electrons. The van der Waals surface area contributed by atoms with Crippen molar-refractivity contribution in [3.8, 4) is 0 Å². The number of aromatic carboxylic acids is 1. The first-order chi connectivity index (χ1) is 21.8. The van der Waals surface area contributed by atoms with E-state index in [9.17, 15) is 33.2 Å². The molecule has 0 aliphatic carbocycles. The van der Waals surface area contributed by atoms with Crippen LogP contribution in [-0.2, 0) is 13.1 Å². The number of rotatable bonds is 11. The molecule has 0 bridgehead atoms. The zero-order chi connectivity index (χ0) is 33.3. The van der Waals surface area contributed by atoms with Crippen LogP contribution in [0.15, 0.2) is 58.1 Å². The Labute approximate surface area is 257 Å². The molecule has 46 heavy (non-hydrogen) atoms. The van der Waals surface area contributed by atoms with Crippen LogP contribution in [0.2, 0.25) is 0 Å². The second-order valence-corrected chi connectivity index (χ2v) is 10.1. The van der Waals surface area contributed by atoms with Gasteiger partial charge in [0.05, 0.1) is 11.6 Å².